The first-order valence-electron chi connectivity index (χ1n) is 5.87. The van der Waals surface area contributed by atoms with E-state index in [0.29, 0.717) is 22.0 Å². The SMILES string of the molecule is Cc1ccc(C(=O)Nc2cc(C#CCO)ccc2Cl)o1. The van der Waals surface area contributed by atoms with Gasteiger partial charge >= 0.3 is 0 Å². The number of aliphatic hydroxyl groups excluding tert-OH is 1. The summed E-state index contributed by atoms with van der Waals surface area (Å²) >= 11 is 6.02. The Bertz CT molecular complexity index is 695. The lowest BCUT2D eigenvalue weighted by atomic mass is 10.2. The number of carbonyl (C=O) groups excluding carboxylic acids is 1. The number of anilines is 1. The second-order valence-electron chi connectivity index (χ2n) is 4.02. The summed E-state index contributed by atoms with van der Waals surface area (Å²) < 4.78 is 5.24. The van der Waals surface area contributed by atoms with Gasteiger partial charge in [-0.15, -0.1) is 0 Å². The van der Waals surface area contributed by atoms with Crippen molar-refractivity contribution >= 4 is 23.2 Å². The van der Waals surface area contributed by atoms with Crippen molar-refractivity contribution in [2.24, 2.45) is 0 Å². The van der Waals surface area contributed by atoms with Crippen LogP contribution in [0.3, 0.4) is 0 Å². The molecule has 0 bridgehead atoms. The number of hydrogen-bond donors (Lipinski definition) is 2. The molecule has 0 radical (unpaired) electrons. The first-order valence-corrected chi connectivity index (χ1v) is 6.25. The second-order valence-corrected chi connectivity index (χ2v) is 4.43. The maximum Gasteiger partial charge on any atom is 0.291 e. The minimum atomic E-state index is -0.382. The molecule has 0 aliphatic carbocycles. The van der Waals surface area contributed by atoms with Gasteiger partial charge < -0.3 is 14.8 Å². The summed E-state index contributed by atoms with van der Waals surface area (Å²) in [5, 5.41) is 11.7. The highest BCUT2D eigenvalue weighted by Gasteiger charge is 2.12. The van der Waals surface area contributed by atoms with Gasteiger partial charge in [0.15, 0.2) is 5.76 Å². The molecule has 0 spiro atoms. The van der Waals surface area contributed by atoms with Crippen LogP contribution >= 0.6 is 11.6 Å². The molecule has 4 nitrogen and oxygen atoms in total. The van der Waals surface area contributed by atoms with E-state index < -0.39 is 0 Å². The van der Waals surface area contributed by atoms with Crippen molar-refractivity contribution in [3.8, 4) is 11.8 Å². The predicted molar refractivity (Wildman–Crippen MR) is 76.8 cm³/mol. The summed E-state index contributed by atoms with van der Waals surface area (Å²) in [6.45, 7) is 1.53. The lowest BCUT2D eigenvalue weighted by molar-refractivity contribution is 0.0995. The van der Waals surface area contributed by atoms with E-state index in [1.54, 1.807) is 37.3 Å². The van der Waals surface area contributed by atoms with E-state index in [9.17, 15) is 4.79 Å². The topological polar surface area (TPSA) is 62.5 Å². The molecular formula is C15H12ClNO3. The summed E-state index contributed by atoms with van der Waals surface area (Å²) in [6.07, 6.45) is 0. The van der Waals surface area contributed by atoms with Crippen LogP contribution in [-0.2, 0) is 0 Å². The average Bonchev–Trinajstić information content (AvgIpc) is 2.86. The van der Waals surface area contributed by atoms with Crippen LogP contribution in [0.4, 0.5) is 5.69 Å². The molecule has 0 aliphatic heterocycles. The Labute approximate surface area is 121 Å². The largest absolute Gasteiger partial charge is 0.456 e. The zero-order chi connectivity index (χ0) is 14.5. The van der Waals surface area contributed by atoms with E-state index in [-0.39, 0.29) is 18.3 Å². The quantitative estimate of drug-likeness (QED) is 0.836. The molecule has 2 aromatic rings. The third-order valence-corrected chi connectivity index (χ3v) is 2.82. The molecule has 0 saturated heterocycles. The average molecular weight is 290 g/mol. The molecule has 1 aromatic heterocycles. The van der Waals surface area contributed by atoms with Gasteiger partial charge in [-0.05, 0) is 37.3 Å². The first kappa shape index (κ1) is 14.2. The Morgan fingerprint density at radius 3 is 2.85 bits per heavy atom. The number of amides is 1. The van der Waals surface area contributed by atoms with Crippen molar-refractivity contribution in [2.45, 2.75) is 6.92 Å². The fourth-order valence-corrected chi connectivity index (χ4v) is 1.75. The molecule has 0 fully saturated rings. The van der Waals surface area contributed by atoms with Crippen LogP contribution in [0.1, 0.15) is 21.9 Å². The lowest BCUT2D eigenvalue weighted by Crippen LogP contribution is -2.11. The number of rotatable bonds is 2. The van der Waals surface area contributed by atoms with E-state index in [0.717, 1.165) is 0 Å². The molecule has 1 amide bonds. The Morgan fingerprint density at radius 2 is 2.20 bits per heavy atom. The predicted octanol–water partition coefficient (Wildman–Crippen LogP) is 2.84. The smallest absolute Gasteiger partial charge is 0.291 e. The van der Waals surface area contributed by atoms with Gasteiger partial charge in [0.25, 0.3) is 5.91 Å². The molecule has 2 rings (SSSR count). The van der Waals surface area contributed by atoms with E-state index >= 15 is 0 Å². The fourth-order valence-electron chi connectivity index (χ4n) is 1.58. The number of carbonyl (C=O) groups is 1. The maximum atomic E-state index is 12.0. The fraction of sp³-hybridized carbons (Fsp3) is 0.133. The van der Waals surface area contributed by atoms with Gasteiger partial charge in [0.2, 0.25) is 0 Å². The third kappa shape index (κ3) is 3.41. The van der Waals surface area contributed by atoms with Crippen molar-refractivity contribution in [3.63, 3.8) is 0 Å². The molecule has 20 heavy (non-hydrogen) atoms. The maximum absolute atomic E-state index is 12.0. The molecule has 102 valence electrons. The van der Waals surface area contributed by atoms with Gasteiger partial charge in [0.05, 0.1) is 10.7 Å². The summed E-state index contributed by atoms with van der Waals surface area (Å²) in [5.41, 5.74) is 1.09. The number of furan rings is 1. The Balaban J connectivity index is 2.22. The lowest BCUT2D eigenvalue weighted by Gasteiger charge is -2.06. The van der Waals surface area contributed by atoms with Crippen LogP contribution in [0.2, 0.25) is 5.02 Å². The molecule has 1 heterocycles. The minimum Gasteiger partial charge on any atom is -0.456 e. The van der Waals surface area contributed by atoms with Gasteiger partial charge in [0.1, 0.15) is 12.4 Å². The standard InChI is InChI=1S/C15H12ClNO3/c1-10-4-7-14(20-10)15(19)17-13-9-11(3-2-8-18)5-6-12(13)16/h4-7,9,18H,8H2,1H3,(H,17,19). The molecule has 0 atom stereocenters. The summed E-state index contributed by atoms with van der Waals surface area (Å²) in [6, 6.07) is 8.27. The van der Waals surface area contributed by atoms with E-state index in [1.165, 1.54) is 0 Å². The van der Waals surface area contributed by atoms with E-state index in [2.05, 4.69) is 17.2 Å². The number of benzene rings is 1. The Hall–Kier alpha value is -2.22. The van der Waals surface area contributed by atoms with E-state index in [4.69, 9.17) is 21.1 Å². The number of hydrogen-bond acceptors (Lipinski definition) is 3. The molecule has 0 unspecified atom stereocenters. The highest BCUT2D eigenvalue weighted by Crippen LogP contribution is 2.23. The van der Waals surface area contributed by atoms with Gasteiger partial charge in [-0.3, -0.25) is 4.79 Å². The molecule has 0 aliphatic rings. The van der Waals surface area contributed by atoms with Gasteiger partial charge in [-0.2, -0.15) is 0 Å². The van der Waals surface area contributed by atoms with Crippen molar-refractivity contribution in [1.82, 2.24) is 0 Å². The Kier molecular flexibility index (Phi) is 4.46. The minimum absolute atomic E-state index is 0.213. The van der Waals surface area contributed by atoms with Crippen LogP contribution in [0.25, 0.3) is 0 Å². The van der Waals surface area contributed by atoms with Crippen LogP contribution < -0.4 is 5.32 Å². The zero-order valence-electron chi connectivity index (χ0n) is 10.7. The van der Waals surface area contributed by atoms with Crippen LogP contribution in [0.5, 0.6) is 0 Å². The van der Waals surface area contributed by atoms with Crippen molar-refractivity contribution in [2.75, 3.05) is 11.9 Å². The van der Waals surface area contributed by atoms with Crippen molar-refractivity contribution < 1.29 is 14.3 Å². The number of nitrogens with one attached hydrogen (secondary N) is 1. The summed E-state index contributed by atoms with van der Waals surface area (Å²) in [5.74, 6) is 5.76. The van der Waals surface area contributed by atoms with Crippen molar-refractivity contribution in [1.29, 1.82) is 0 Å². The van der Waals surface area contributed by atoms with Gasteiger partial charge in [-0.1, -0.05) is 23.4 Å². The zero-order valence-corrected chi connectivity index (χ0v) is 11.5. The molecule has 0 saturated carbocycles. The van der Waals surface area contributed by atoms with Crippen LogP contribution in [-0.4, -0.2) is 17.6 Å². The number of aryl methyl sites for hydroxylation is 1. The second kappa shape index (κ2) is 6.29. The molecule has 1 aromatic carbocycles. The number of aliphatic hydroxyl groups is 1. The van der Waals surface area contributed by atoms with Crippen molar-refractivity contribution in [3.05, 3.63) is 52.4 Å². The third-order valence-electron chi connectivity index (χ3n) is 2.49. The van der Waals surface area contributed by atoms with Crippen LogP contribution in [0.15, 0.2) is 34.7 Å². The molecule has 2 N–H and O–H groups in total. The summed E-state index contributed by atoms with van der Waals surface area (Å²) in [7, 11) is 0. The monoisotopic (exact) mass is 289 g/mol. The Morgan fingerprint density at radius 1 is 1.40 bits per heavy atom. The van der Waals surface area contributed by atoms with Gasteiger partial charge in [0, 0.05) is 5.56 Å². The normalized spacial score (nSPS) is 9.75. The van der Waals surface area contributed by atoms with Gasteiger partial charge in [-0.25, -0.2) is 0 Å². The molecule has 5 heteroatoms. The van der Waals surface area contributed by atoms with E-state index in [1.807, 2.05) is 0 Å². The highest BCUT2D eigenvalue weighted by atomic mass is 35.5. The summed E-state index contributed by atoms with van der Waals surface area (Å²) in [4.78, 5) is 12.0. The molecular weight excluding hydrogens is 278 g/mol. The highest BCUT2D eigenvalue weighted by molar-refractivity contribution is 6.33. The number of halogens is 1. The van der Waals surface area contributed by atoms with Crippen LogP contribution in [0, 0.1) is 18.8 Å². The first-order chi connectivity index (χ1) is 9.60.